The highest BCUT2D eigenvalue weighted by Crippen LogP contribution is 2.33. The Labute approximate surface area is 215 Å². The largest absolute Gasteiger partial charge is 0.366 e. The van der Waals surface area contributed by atoms with Gasteiger partial charge in [0.15, 0.2) is 0 Å². The van der Waals surface area contributed by atoms with Gasteiger partial charge in [0.05, 0.1) is 0 Å². The lowest BCUT2D eigenvalue weighted by atomic mass is 9.89. The van der Waals surface area contributed by atoms with Crippen LogP contribution in [-0.2, 0) is 22.4 Å². The van der Waals surface area contributed by atoms with Crippen molar-refractivity contribution in [2.24, 2.45) is 11.7 Å². The maximum atomic E-state index is 14.1. The van der Waals surface area contributed by atoms with E-state index >= 15 is 0 Å². The Kier molecular flexibility index (Phi) is 7.85. The van der Waals surface area contributed by atoms with Crippen LogP contribution >= 0.6 is 11.6 Å². The molecule has 0 spiro atoms. The van der Waals surface area contributed by atoms with E-state index in [1.165, 1.54) is 12.1 Å². The molecule has 1 aliphatic heterocycles. The zero-order valence-corrected chi connectivity index (χ0v) is 20.9. The Morgan fingerprint density at radius 3 is 2.58 bits per heavy atom. The van der Waals surface area contributed by atoms with Crippen LogP contribution in [0.25, 0.3) is 11.1 Å². The Hall–Kier alpha value is -3.51. The Morgan fingerprint density at radius 1 is 1.08 bits per heavy atom. The smallest absolute Gasteiger partial charge is 0.249 e. The zero-order chi connectivity index (χ0) is 25.8. The van der Waals surface area contributed by atoms with Crippen LogP contribution in [0, 0.1) is 11.7 Å². The van der Waals surface area contributed by atoms with Crippen molar-refractivity contribution in [3.05, 3.63) is 88.2 Å². The first kappa shape index (κ1) is 25.6. The molecule has 4 rings (SSSR count). The zero-order valence-electron chi connectivity index (χ0n) is 20.1. The average Bonchev–Trinajstić information content (AvgIpc) is 2.86. The Balaban J connectivity index is 1.53. The maximum absolute atomic E-state index is 14.1. The molecule has 7 heteroatoms. The van der Waals surface area contributed by atoms with Crippen molar-refractivity contribution in [2.75, 3.05) is 11.4 Å². The summed E-state index contributed by atoms with van der Waals surface area (Å²) in [6.07, 6.45) is 2.08. The Bertz CT molecular complexity index is 1320. The van der Waals surface area contributed by atoms with Crippen LogP contribution in [0.2, 0.25) is 5.02 Å². The van der Waals surface area contributed by atoms with Crippen molar-refractivity contribution >= 4 is 34.9 Å². The topological polar surface area (TPSA) is 80.5 Å². The van der Waals surface area contributed by atoms with Gasteiger partial charge in [0.25, 0.3) is 0 Å². The van der Waals surface area contributed by atoms with E-state index in [4.69, 9.17) is 17.3 Å². The van der Waals surface area contributed by atoms with Gasteiger partial charge >= 0.3 is 0 Å². The summed E-state index contributed by atoms with van der Waals surface area (Å²) < 4.78 is 14.1. The van der Waals surface area contributed by atoms with E-state index in [1.807, 2.05) is 37.3 Å². The first-order valence-electron chi connectivity index (χ1n) is 12.1. The SMILES string of the molecule is CCc1cc(-c2ccccc2C(N)=O)ccc1N1CCC[C@@H](CC(=O)Cc2ccc(Cl)cc2F)C1=O. The van der Waals surface area contributed by atoms with E-state index < -0.39 is 17.6 Å². The number of carbonyl (C=O) groups excluding carboxylic acids is 3. The predicted molar refractivity (Wildman–Crippen MR) is 140 cm³/mol. The number of hydrogen-bond acceptors (Lipinski definition) is 3. The summed E-state index contributed by atoms with van der Waals surface area (Å²) in [4.78, 5) is 39.8. The summed E-state index contributed by atoms with van der Waals surface area (Å²) >= 11 is 5.80. The molecule has 5 nitrogen and oxygen atoms in total. The molecule has 2 amide bonds. The van der Waals surface area contributed by atoms with Gasteiger partial charge in [-0.25, -0.2) is 4.39 Å². The van der Waals surface area contributed by atoms with Crippen molar-refractivity contribution < 1.29 is 18.8 Å². The predicted octanol–water partition coefficient (Wildman–Crippen LogP) is 5.75. The molecule has 1 fully saturated rings. The average molecular weight is 507 g/mol. The van der Waals surface area contributed by atoms with Crippen LogP contribution < -0.4 is 10.6 Å². The lowest BCUT2D eigenvalue weighted by Crippen LogP contribution is -2.42. The number of benzene rings is 3. The van der Waals surface area contributed by atoms with Gasteiger partial charge in [0.2, 0.25) is 11.8 Å². The second-order valence-electron chi connectivity index (χ2n) is 9.09. The van der Waals surface area contributed by atoms with Gasteiger partial charge in [-0.2, -0.15) is 0 Å². The van der Waals surface area contributed by atoms with Gasteiger partial charge in [0, 0.05) is 41.6 Å². The second-order valence-corrected chi connectivity index (χ2v) is 9.53. The van der Waals surface area contributed by atoms with E-state index in [2.05, 4.69) is 0 Å². The van der Waals surface area contributed by atoms with E-state index in [1.54, 1.807) is 23.1 Å². The summed E-state index contributed by atoms with van der Waals surface area (Å²) in [5.74, 6) is -1.72. The van der Waals surface area contributed by atoms with Crippen molar-refractivity contribution in [3.63, 3.8) is 0 Å². The monoisotopic (exact) mass is 506 g/mol. The number of piperidine rings is 1. The van der Waals surface area contributed by atoms with Gasteiger partial charge in [-0.3, -0.25) is 14.4 Å². The third-order valence-corrected chi connectivity index (χ3v) is 6.92. The van der Waals surface area contributed by atoms with Gasteiger partial charge in [-0.15, -0.1) is 0 Å². The normalized spacial score (nSPS) is 15.7. The van der Waals surface area contributed by atoms with Crippen LogP contribution in [-0.4, -0.2) is 24.1 Å². The minimum atomic E-state index is -0.516. The highest BCUT2D eigenvalue weighted by Gasteiger charge is 2.32. The fraction of sp³-hybridized carbons (Fsp3) is 0.276. The van der Waals surface area contributed by atoms with Crippen LogP contribution in [0.1, 0.15) is 47.7 Å². The number of nitrogens with zero attached hydrogens (tertiary/aromatic N) is 1. The van der Waals surface area contributed by atoms with Crippen LogP contribution in [0.3, 0.4) is 0 Å². The number of ketones is 1. The number of primary amides is 1. The number of Topliss-reactive ketones (excluding diaryl/α,β-unsaturated/α-hetero) is 1. The molecule has 0 aromatic heterocycles. The highest BCUT2D eigenvalue weighted by atomic mass is 35.5. The van der Waals surface area contributed by atoms with Crippen LogP contribution in [0.15, 0.2) is 60.7 Å². The molecule has 1 atom stereocenters. The molecule has 186 valence electrons. The summed E-state index contributed by atoms with van der Waals surface area (Å²) in [5.41, 5.74) is 9.66. The summed E-state index contributed by atoms with van der Waals surface area (Å²) in [6.45, 7) is 2.58. The van der Waals surface area contributed by atoms with Crippen molar-refractivity contribution in [1.82, 2.24) is 0 Å². The number of halogens is 2. The van der Waals surface area contributed by atoms with Crippen molar-refractivity contribution in [1.29, 1.82) is 0 Å². The lowest BCUT2D eigenvalue weighted by Gasteiger charge is -2.33. The van der Waals surface area contributed by atoms with E-state index in [9.17, 15) is 18.8 Å². The highest BCUT2D eigenvalue weighted by molar-refractivity contribution is 6.30. The van der Waals surface area contributed by atoms with Gasteiger partial charge in [-0.05, 0) is 71.8 Å². The first-order valence-corrected chi connectivity index (χ1v) is 12.5. The molecule has 3 aromatic carbocycles. The van der Waals surface area contributed by atoms with Crippen LogP contribution in [0.5, 0.6) is 0 Å². The fourth-order valence-electron chi connectivity index (χ4n) is 4.85. The third-order valence-electron chi connectivity index (χ3n) is 6.68. The molecular weight excluding hydrogens is 479 g/mol. The number of aryl methyl sites for hydroxylation is 1. The fourth-order valence-corrected chi connectivity index (χ4v) is 5.01. The molecule has 0 saturated carbocycles. The van der Waals surface area contributed by atoms with E-state index in [0.29, 0.717) is 24.9 Å². The number of anilines is 1. The van der Waals surface area contributed by atoms with Crippen molar-refractivity contribution in [3.8, 4) is 11.1 Å². The van der Waals surface area contributed by atoms with Crippen molar-refractivity contribution in [2.45, 2.75) is 39.0 Å². The summed E-state index contributed by atoms with van der Waals surface area (Å²) in [5, 5.41) is 0.276. The molecule has 0 bridgehead atoms. The molecule has 0 aliphatic carbocycles. The number of carbonyl (C=O) groups is 3. The summed E-state index contributed by atoms with van der Waals surface area (Å²) in [6, 6.07) is 17.2. The van der Waals surface area contributed by atoms with E-state index in [-0.39, 0.29) is 35.1 Å². The van der Waals surface area contributed by atoms with E-state index in [0.717, 1.165) is 28.8 Å². The number of hydrogen-bond donors (Lipinski definition) is 1. The van der Waals surface area contributed by atoms with Gasteiger partial charge in [-0.1, -0.05) is 48.9 Å². The maximum Gasteiger partial charge on any atom is 0.249 e. The molecule has 3 aromatic rings. The van der Waals surface area contributed by atoms with Crippen LogP contribution in [0.4, 0.5) is 10.1 Å². The minimum absolute atomic E-state index is 0.0685. The summed E-state index contributed by atoms with van der Waals surface area (Å²) in [7, 11) is 0. The van der Waals surface area contributed by atoms with Gasteiger partial charge < -0.3 is 10.6 Å². The van der Waals surface area contributed by atoms with Gasteiger partial charge in [0.1, 0.15) is 11.6 Å². The first-order chi connectivity index (χ1) is 17.3. The number of nitrogens with two attached hydrogens (primary N) is 1. The molecule has 1 aliphatic rings. The number of rotatable bonds is 8. The molecule has 0 unspecified atom stereocenters. The third kappa shape index (κ3) is 5.49. The minimum Gasteiger partial charge on any atom is -0.366 e. The lowest BCUT2D eigenvalue weighted by molar-refractivity contribution is -0.128. The second kappa shape index (κ2) is 11.0. The Morgan fingerprint density at radius 2 is 1.86 bits per heavy atom. The quantitative estimate of drug-likeness (QED) is 0.422. The molecule has 36 heavy (non-hydrogen) atoms. The standard InChI is InChI=1S/C29H28ClFN2O3/c1-2-18-14-19(24-7-3-4-8-25(24)28(32)35)10-12-27(18)33-13-5-6-21(29(33)36)16-23(34)15-20-9-11-22(30)17-26(20)31/h3-4,7-12,14,17,21H,2,5-6,13,15-16H2,1H3,(H2,32,35)/t21-/m0/s1. The molecule has 2 N–H and O–H groups in total. The molecule has 1 saturated heterocycles. The molecule has 1 heterocycles. The molecular formula is C29H28ClFN2O3. The number of amides is 2. The molecule has 0 radical (unpaired) electrons.